The zero-order valence-electron chi connectivity index (χ0n) is 11.6. The Labute approximate surface area is 140 Å². The number of nitrogens with one attached hydrogen (secondary N) is 1. The highest BCUT2D eigenvalue weighted by Crippen LogP contribution is 2.09. The van der Waals surface area contributed by atoms with E-state index in [1.807, 2.05) is 0 Å². The summed E-state index contributed by atoms with van der Waals surface area (Å²) in [6.45, 7) is 0.664. The van der Waals surface area contributed by atoms with Crippen LogP contribution in [0.3, 0.4) is 0 Å². The third kappa shape index (κ3) is 8.11. The van der Waals surface area contributed by atoms with Crippen molar-refractivity contribution in [3.8, 4) is 0 Å². The average molecular weight is 406 g/mol. The predicted molar refractivity (Wildman–Crippen MR) is 96.2 cm³/mol. The van der Waals surface area contributed by atoms with Crippen molar-refractivity contribution in [1.29, 1.82) is 0 Å². The van der Waals surface area contributed by atoms with Crippen molar-refractivity contribution in [3.63, 3.8) is 0 Å². The average Bonchev–Trinajstić information content (AvgIpc) is 2.41. The van der Waals surface area contributed by atoms with Gasteiger partial charge in [0.05, 0.1) is 0 Å². The van der Waals surface area contributed by atoms with E-state index in [0.717, 1.165) is 31.4 Å². The fourth-order valence-electron chi connectivity index (χ4n) is 1.90. The second kappa shape index (κ2) is 10.5. The Morgan fingerprint density at radius 1 is 1.30 bits per heavy atom. The van der Waals surface area contributed by atoms with Gasteiger partial charge in [0.15, 0.2) is 0 Å². The lowest BCUT2D eigenvalue weighted by atomic mass is 10.1. The van der Waals surface area contributed by atoms with Crippen LogP contribution < -0.4 is 11.1 Å². The van der Waals surface area contributed by atoms with Crippen molar-refractivity contribution in [2.45, 2.75) is 38.1 Å². The number of carbonyl (C=O) groups is 1. The molecule has 1 aromatic carbocycles. The summed E-state index contributed by atoms with van der Waals surface area (Å²) in [7, 11) is 0. The molecule has 1 aromatic rings. The van der Waals surface area contributed by atoms with Crippen LogP contribution in [0.1, 0.15) is 31.2 Å². The van der Waals surface area contributed by atoms with Crippen LogP contribution >= 0.6 is 35.2 Å². The summed E-state index contributed by atoms with van der Waals surface area (Å²) in [6, 6.07) is 8.57. The first kappa shape index (κ1) is 17.8. The molecule has 1 unspecified atom stereocenters. The molecular formula is C15H23IN2OS. The van der Waals surface area contributed by atoms with Crippen molar-refractivity contribution in [2.75, 3.05) is 12.3 Å². The zero-order chi connectivity index (χ0) is 14.8. The van der Waals surface area contributed by atoms with Gasteiger partial charge in [-0.2, -0.15) is 12.6 Å². The molecule has 0 saturated heterocycles. The smallest absolute Gasteiger partial charge is 0.220 e. The molecule has 0 heterocycles. The standard InChI is InChI=1S/C15H23IN2OS/c16-13-6-4-12(5-7-13)2-1-3-15(19)18-10-8-14(17)9-11-20/h4-7,14,20H,1-3,8-11,17H2,(H,18,19). The minimum Gasteiger partial charge on any atom is -0.356 e. The number of nitrogens with two attached hydrogens (primary N) is 1. The summed E-state index contributed by atoms with van der Waals surface area (Å²) in [5.74, 6) is 0.916. The molecule has 1 rings (SSSR count). The summed E-state index contributed by atoms with van der Waals surface area (Å²) in [6.07, 6.45) is 4.13. The van der Waals surface area contributed by atoms with Gasteiger partial charge in [0, 0.05) is 22.6 Å². The van der Waals surface area contributed by atoms with Crippen molar-refractivity contribution >= 4 is 41.1 Å². The van der Waals surface area contributed by atoms with Gasteiger partial charge in [0.1, 0.15) is 0 Å². The molecule has 0 spiro atoms. The van der Waals surface area contributed by atoms with Crippen LogP contribution in [0.4, 0.5) is 0 Å². The van der Waals surface area contributed by atoms with Gasteiger partial charge in [-0.25, -0.2) is 0 Å². The monoisotopic (exact) mass is 406 g/mol. The quantitative estimate of drug-likeness (QED) is 0.437. The number of hydrogen-bond acceptors (Lipinski definition) is 3. The van der Waals surface area contributed by atoms with Gasteiger partial charge in [-0.3, -0.25) is 4.79 Å². The number of benzene rings is 1. The zero-order valence-corrected chi connectivity index (χ0v) is 14.7. The molecule has 5 heteroatoms. The predicted octanol–water partition coefficient (Wildman–Crippen LogP) is 2.77. The number of aryl methyl sites for hydroxylation is 1. The lowest BCUT2D eigenvalue weighted by Crippen LogP contribution is -2.30. The van der Waals surface area contributed by atoms with Gasteiger partial charge in [-0.15, -0.1) is 0 Å². The Kier molecular flexibility index (Phi) is 9.30. The maximum Gasteiger partial charge on any atom is 0.220 e. The van der Waals surface area contributed by atoms with E-state index in [1.165, 1.54) is 9.13 Å². The van der Waals surface area contributed by atoms with E-state index in [2.05, 4.69) is 64.8 Å². The maximum absolute atomic E-state index is 11.7. The molecule has 3 N–H and O–H groups in total. The Morgan fingerprint density at radius 3 is 2.65 bits per heavy atom. The first-order valence-electron chi connectivity index (χ1n) is 6.99. The maximum atomic E-state index is 11.7. The van der Waals surface area contributed by atoms with Crippen LogP contribution in [0.5, 0.6) is 0 Å². The third-order valence-electron chi connectivity index (χ3n) is 3.12. The topological polar surface area (TPSA) is 55.1 Å². The second-order valence-electron chi connectivity index (χ2n) is 4.89. The van der Waals surface area contributed by atoms with Crippen molar-refractivity contribution in [3.05, 3.63) is 33.4 Å². The molecule has 0 aliphatic heterocycles. The molecule has 0 aromatic heterocycles. The van der Waals surface area contributed by atoms with Gasteiger partial charge in [-0.1, -0.05) is 12.1 Å². The highest BCUT2D eigenvalue weighted by molar-refractivity contribution is 14.1. The van der Waals surface area contributed by atoms with E-state index in [-0.39, 0.29) is 11.9 Å². The molecule has 0 radical (unpaired) electrons. The SMILES string of the molecule is NC(CCS)CCNC(=O)CCCc1ccc(I)cc1. The molecule has 0 saturated carbocycles. The van der Waals surface area contributed by atoms with Gasteiger partial charge in [0.25, 0.3) is 0 Å². The van der Waals surface area contributed by atoms with Crippen molar-refractivity contribution in [1.82, 2.24) is 5.32 Å². The fraction of sp³-hybridized carbons (Fsp3) is 0.533. The third-order valence-corrected chi connectivity index (χ3v) is 4.10. The molecule has 0 aliphatic carbocycles. The molecular weight excluding hydrogens is 383 g/mol. The van der Waals surface area contributed by atoms with E-state index in [0.29, 0.717) is 13.0 Å². The fourth-order valence-corrected chi connectivity index (χ4v) is 2.59. The molecule has 1 atom stereocenters. The highest BCUT2D eigenvalue weighted by atomic mass is 127. The minimum absolute atomic E-state index is 0.119. The molecule has 112 valence electrons. The Balaban J connectivity index is 2.09. The summed E-state index contributed by atoms with van der Waals surface area (Å²) < 4.78 is 1.24. The van der Waals surface area contributed by atoms with Gasteiger partial charge in [0.2, 0.25) is 5.91 Å². The lowest BCUT2D eigenvalue weighted by molar-refractivity contribution is -0.121. The Morgan fingerprint density at radius 2 is 2.00 bits per heavy atom. The normalized spacial score (nSPS) is 12.2. The molecule has 1 amide bonds. The Hall–Kier alpha value is -0.270. The number of carbonyl (C=O) groups excluding carboxylic acids is 1. The van der Waals surface area contributed by atoms with Gasteiger partial charge >= 0.3 is 0 Å². The number of halogens is 1. The lowest BCUT2D eigenvalue weighted by Gasteiger charge is -2.10. The largest absolute Gasteiger partial charge is 0.356 e. The van der Waals surface area contributed by atoms with Crippen LogP contribution in [-0.4, -0.2) is 24.2 Å². The molecule has 0 aliphatic rings. The Bertz CT molecular complexity index is 397. The molecule has 3 nitrogen and oxygen atoms in total. The number of hydrogen-bond donors (Lipinski definition) is 3. The minimum atomic E-state index is 0.119. The van der Waals surface area contributed by atoms with E-state index < -0.39 is 0 Å². The van der Waals surface area contributed by atoms with Gasteiger partial charge in [-0.05, 0) is 71.7 Å². The number of amides is 1. The first-order valence-corrected chi connectivity index (χ1v) is 8.70. The van der Waals surface area contributed by atoms with Gasteiger partial charge < -0.3 is 11.1 Å². The summed E-state index contributed by atoms with van der Waals surface area (Å²) in [5, 5.41) is 2.92. The van der Waals surface area contributed by atoms with Crippen molar-refractivity contribution in [2.24, 2.45) is 5.73 Å². The number of thiol groups is 1. The summed E-state index contributed by atoms with van der Waals surface area (Å²) in [5.41, 5.74) is 7.14. The number of rotatable bonds is 9. The van der Waals surface area contributed by atoms with Crippen LogP contribution in [0.2, 0.25) is 0 Å². The molecule has 0 bridgehead atoms. The molecule has 0 fully saturated rings. The summed E-state index contributed by atoms with van der Waals surface area (Å²) in [4.78, 5) is 11.7. The van der Waals surface area contributed by atoms with Crippen LogP contribution in [0, 0.1) is 3.57 Å². The van der Waals surface area contributed by atoms with Crippen LogP contribution in [-0.2, 0) is 11.2 Å². The second-order valence-corrected chi connectivity index (χ2v) is 6.58. The van der Waals surface area contributed by atoms with E-state index in [4.69, 9.17) is 5.73 Å². The van der Waals surface area contributed by atoms with E-state index in [9.17, 15) is 4.79 Å². The molecule has 20 heavy (non-hydrogen) atoms. The highest BCUT2D eigenvalue weighted by Gasteiger charge is 2.04. The summed E-state index contributed by atoms with van der Waals surface area (Å²) >= 11 is 6.43. The first-order chi connectivity index (χ1) is 9.61. The van der Waals surface area contributed by atoms with Crippen molar-refractivity contribution < 1.29 is 4.79 Å². The van der Waals surface area contributed by atoms with E-state index >= 15 is 0 Å². The van der Waals surface area contributed by atoms with Crippen LogP contribution in [0.15, 0.2) is 24.3 Å². The van der Waals surface area contributed by atoms with Crippen LogP contribution in [0.25, 0.3) is 0 Å². The van der Waals surface area contributed by atoms with E-state index in [1.54, 1.807) is 0 Å².